The number of hydrogen-bond acceptors (Lipinski definition) is 6. The minimum absolute atomic E-state index is 0. The Morgan fingerprint density at radius 1 is 1.27 bits per heavy atom. The zero-order chi connectivity index (χ0) is 17.6. The summed E-state index contributed by atoms with van der Waals surface area (Å²) in [5, 5.41) is 3.05. The molecule has 7 nitrogen and oxygen atoms in total. The normalized spacial score (nSPS) is 14.7. The Morgan fingerprint density at radius 2 is 1.96 bits per heavy atom. The Kier molecular flexibility index (Phi) is 7.64. The van der Waals surface area contributed by atoms with Crippen molar-refractivity contribution in [1.82, 2.24) is 9.88 Å². The maximum atomic E-state index is 11.4. The van der Waals surface area contributed by atoms with Crippen molar-refractivity contribution in [2.75, 3.05) is 38.2 Å². The summed E-state index contributed by atoms with van der Waals surface area (Å²) in [6, 6.07) is 7.20. The standard InChI is InChI=1S/C17H21N5O2S.HI/c1-24-15(23)14-4-2-13(3-5-14)12-20-16(18)21-7-9-22(10-8-21)17-19-6-11-25-17;/h2-6,11H,7-10,12H2,1H3,(H2,18,20);1H. The molecule has 3 rings (SSSR count). The molecule has 1 aliphatic rings. The van der Waals surface area contributed by atoms with Crippen LogP contribution in [0.4, 0.5) is 5.13 Å². The summed E-state index contributed by atoms with van der Waals surface area (Å²) in [6.07, 6.45) is 1.83. The monoisotopic (exact) mass is 487 g/mol. The number of carbonyl (C=O) groups excluding carboxylic acids is 1. The lowest BCUT2D eigenvalue weighted by atomic mass is 10.1. The van der Waals surface area contributed by atoms with Gasteiger partial charge in [0.15, 0.2) is 11.1 Å². The summed E-state index contributed by atoms with van der Waals surface area (Å²) in [7, 11) is 1.37. The maximum Gasteiger partial charge on any atom is 0.337 e. The highest BCUT2D eigenvalue weighted by Gasteiger charge is 2.19. The number of anilines is 1. The van der Waals surface area contributed by atoms with Crippen molar-refractivity contribution in [1.29, 1.82) is 0 Å². The molecule has 0 saturated carbocycles. The van der Waals surface area contributed by atoms with Crippen molar-refractivity contribution in [3.8, 4) is 0 Å². The van der Waals surface area contributed by atoms with Crippen LogP contribution in [-0.2, 0) is 11.3 Å². The third-order valence-electron chi connectivity index (χ3n) is 4.09. The van der Waals surface area contributed by atoms with E-state index in [1.54, 1.807) is 23.5 Å². The molecule has 0 amide bonds. The van der Waals surface area contributed by atoms with Crippen LogP contribution in [0.2, 0.25) is 0 Å². The predicted octanol–water partition coefficient (Wildman–Crippen LogP) is 2.18. The minimum Gasteiger partial charge on any atom is -0.465 e. The van der Waals surface area contributed by atoms with Gasteiger partial charge in [-0.1, -0.05) is 12.1 Å². The van der Waals surface area contributed by atoms with Gasteiger partial charge in [0.1, 0.15) is 0 Å². The van der Waals surface area contributed by atoms with E-state index in [0.717, 1.165) is 36.9 Å². The van der Waals surface area contributed by atoms with Gasteiger partial charge < -0.3 is 20.3 Å². The summed E-state index contributed by atoms with van der Waals surface area (Å²) >= 11 is 1.65. The maximum absolute atomic E-state index is 11.4. The van der Waals surface area contributed by atoms with Gasteiger partial charge in [-0.2, -0.15) is 0 Å². The quantitative estimate of drug-likeness (QED) is 0.308. The van der Waals surface area contributed by atoms with E-state index < -0.39 is 0 Å². The molecule has 0 atom stereocenters. The molecule has 2 heterocycles. The number of nitrogens with two attached hydrogens (primary N) is 1. The van der Waals surface area contributed by atoms with Crippen molar-refractivity contribution in [2.45, 2.75) is 6.54 Å². The lowest BCUT2D eigenvalue weighted by molar-refractivity contribution is 0.0600. The number of aromatic nitrogens is 1. The number of aliphatic imine (C=N–C) groups is 1. The second-order valence-corrected chi connectivity index (χ2v) is 6.52. The highest BCUT2D eigenvalue weighted by atomic mass is 127. The molecule has 1 aromatic heterocycles. The van der Waals surface area contributed by atoms with E-state index in [9.17, 15) is 4.79 Å². The first-order valence-electron chi connectivity index (χ1n) is 8.04. The molecule has 1 aliphatic heterocycles. The molecule has 9 heteroatoms. The number of guanidine groups is 1. The first kappa shape index (κ1) is 20.4. The third kappa shape index (κ3) is 5.07. The van der Waals surface area contributed by atoms with Crippen molar-refractivity contribution in [3.63, 3.8) is 0 Å². The lowest BCUT2D eigenvalue weighted by Gasteiger charge is -2.35. The number of rotatable bonds is 4. The van der Waals surface area contributed by atoms with Gasteiger partial charge in [-0.3, -0.25) is 0 Å². The molecule has 0 bridgehead atoms. The van der Waals surface area contributed by atoms with Crippen LogP contribution in [0.25, 0.3) is 0 Å². The van der Waals surface area contributed by atoms with Crippen LogP contribution in [0.1, 0.15) is 15.9 Å². The summed E-state index contributed by atoms with van der Waals surface area (Å²) < 4.78 is 4.69. The molecule has 0 unspecified atom stereocenters. The zero-order valence-corrected chi connectivity index (χ0v) is 17.6. The van der Waals surface area contributed by atoms with Crippen molar-refractivity contribution in [2.24, 2.45) is 10.7 Å². The first-order valence-corrected chi connectivity index (χ1v) is 8.92. The summed E-state index contributed by atoms with van der Waals surface area (Å²) in [6.45, 7) is 3.92. The highest BCUT2D eigenvalue weighted by Crippen LogP contribution is 2.18. The molecule has 1 aromatic carbocycles. The van der Waals surface area contributed by atoms with E-state index in [-0.39, 0.29) is 29.9 Å². The second-order valence-electron chi connectivity index (χ2n) is 5.65. The van der Waals surface area contributed by atoms with E-state index in [4.69, 9.17) is 5.73 Å². The van der Waals surface area contributed by atoms with Gasteiger partial charge in [-0.25, -0.2) is 14.8 Å². The van der Waals surface area contributed by atoms with Crippen molar-refractivity contribution < 1.29 is 9.53 Å². The largest absolute Gasteiger partial charge is 0.465 e. The predicted molar refractivity (Wildman–Crippen MR) is 114 cm³/mol. The summed E-state index contributed by atoms with van der Waals surface area (Å²) in [4.78, 5) is 24.6. The number of esters is 1. The fraction of sp³-hybridized carbons (Fsp3) is 0.353. The van der Waals surface area contributed by atoms with Crippen LogP contribution in [0.5, 0.6) is 0 Å². The number of methoxy groups -OCH3 is 1. The number of thiazole rings is 1. The highest BCUT2D eigenvalue weighted by molar-refractivity contribution is 14.0. The van der Waals surface area contributed by atoms with Gasteiger partial charge in [0.2, 0.25) is 0 Å². The van der Waals surface area contributed by atoms with Gasteiger partial charge in [0.05, 0.1) is 19.2 Å². The van der Waals surface area contributed by atoms with Crippen molar-refractivity contribution in [3.05, 3.63) is 47.0 Å². The molecular formula is C17H22IN5O2S. The Hall–Kier alpha value is -1.88. The van der Waals surface area contributed by atoms with Crippen molar-refractivity contribution >= 4 is 52.4 Å². The number of hydrogen-bond donors (Lipinski definition) is 1. The van der Waals surface area contributed by atoms with Crippen LogP contribution in [-0.4, -0.2) is 55.1 Å². The van der Waals surface area contributed by atoms with Crippen LogP contribution >= 0.6 is 35.3 Å². The van der Waals surface area contributed by atoms with E-state index >= 15 is 0 Å². The van der Waals surface area contributed by atoms with Crippen LogP contribution in [0.15, 0.2) is 40.8 Å². The molecule has 0 spiro atoms. The van der Waals surface area contributed by atoms with E-state index in [1.165, 1.54) is 7.11 Å². The number of carbonyl (C=O) groups is 1. The molecule has 1 saturated heterocycles. The molecule has 2 aromatic rings. The number of piperazine rings is 1. The third-order valence-corrected chi connectivity index (χ3v) is 4.92. The fourth-order valence-electron chi connectivity index (χ4n) is 2.64. The molecule has 1 fully saturated rings. The SMILES string of the molecule is COC(=O)c1ccc(CN=C(N)N2CCN(c3nccs3)CC2)cc1.I. The molecule has 0 radical (unpaired) electrons. The molecule has 2 N–H and O–H groups in total. The minimum atomic E-state index is -0.340. The number of benzene rings is 1. The zero-order valence-electron chi connectivity index (χ0n) is 14.5. The summed E-state index contributed by atoms with van der Waals surface area (Å²) in [5.74, 6) is 0.212. The van der Waals surface area contributed by atoms with E-state index in [1.807, 2.05) is 23.7 Å². The van der Waals surface area contributed by atoms with Gasteiger partial charge in [-0.15, -0.1) is 35.3 Å². The van der Waals surface area contributed by atoms with Crippen LogP contribution in [0.3, 0.4) is 0 Å². The average molecular weight is 487 g/mol. The summed E-state index contributed by atoms with van der Waals surface area (Å²) in [5.41, 5.74) is 7.66. The van der Waals surface area contributed by atoms with Gasteiger partial charge in [-0.05, 0) is 17.7 Å². The van der Waals surface area contributed by atoms with Crippen LogP contribution in [0, 0.1) is 0 Å². The van der Waals surface area contributed by atoms with E-state index in [0.29, 0.717) is 18.1 Å². The molecule has 0 aliphatic carbocycles. The Balaban J connectivity index is 0.00000243. The molecular weight excluding hydrogens is 465 g/mol. The van der Waals surface area contributed by atoms with Gasteiger partial charge in [0.25, 0.3) is 0 Å². The van der Waals surface area contributed by atoms with Gasteiger partial charge in [0, 0.05) is 37.8 Å². The second kappa shape index (κ2) is 9.72. The number of ether oxygens (including phenoxy) is 1. The Bertz CT molecular complexity index is 728. The topological polar surface area (TPSA) is 84.0 Å². The van der Waals surface area contributed by atoms with Crippen LogP contribution < -0.4 is 10.6 Å². The smallest absolute Gasteiger partial charge is 0.337 e. The molecule has 26 heavy (non-hydrogen) atoms. The average Bonchev–Trinajstić information content (AvgIpc) is 3.21. The van der Waals surface area contributed by atoms with E-state index in [2.05, 4.69) is 24.5 Å². The Morgan fingerprint density at radius 3 is 2.54 bits per heavy atom. The fourth-order valence-corrected chi connectivity index (χ4v) is 3.33. The number of halogens is 1. The number of nitrogens with zero attached hydrogens (tertiary/aromatic N) is 4. The first-order chi connectivity index (χ1) is 12.2. The molecule has 140 valence electrons. The lowest BCUT2D eigenvalue weighted by Crippen LogP contribution is -2.51. The van der Waals surface area contributed by atoms with Gasteiger partial charge >= 0.3 is 5.97 Å². The Labute approximate surface area is 173 Å².